The second-order valence-electron chi connectivity index (χ2n) is 5.22. The van der Waals surface area contributed by atoms with Crippen LogP contribution in [0.15, 0.2) is 4.52 Å². The van der Waals surface area contributed by atoms with Crippen molar-refractivity contribution in [2.24, 2.45) is 0 Å². The predicted octanol–water partition coefficient (Wildman–Crippen LogP) is 2.65. The number of hydrogen-bond donors (Lipinski definition) is 2. The molecule has 6 heteroatoms. The highest BCUT2D eigenvalue weighted by atomic mass is 16.5. The van der Waals surface area contributed by atoms with Crippen molar-refractivity contribution in [1.82, 2.24) is 10.1 Å². The summed E-state index contributed by atoms with van der Waals surface area (Å²) in [4.78, 5) is 15.2. The summed E-state index contributed by atoms with van der Waals surface area (Å²) in [6.07, 6.45) is -0.634. The number of nitrogens with one attached hydrogen (secondary N) is 1. The monoisotopic (exact) mass is 292 g/mol. The molecule has 0 aliphatic carbocycles. The van der Waals surface area contributed by atoms with Crippen molar-refractivity contribution in [3.8, 4) is 0 Å². The third-order valence-corrected chi connectivity index (χ3v) is 3.65. The van der Waals surface area contributed by atoms with Crippen molar-refractivity contribution in [3.63, 3.8) is 0 Å². The number of aromatic nitrogens is 2. The Morgan fingerprint density at radius 2 is 2.05 bits per heavy atom. The minimum absolute atomic E-state index is 0.113. The zero-order valence-corrected chi connectivity index (χ0v) is 12.9. The molecule has 0 saturated carbocycles. The van der Waals surface area contributed by atoms with Crippen molar-refractivity contribution < 1.29 is 19.2 Å². The molecule has 0 aromatic carbocycles. The van der Waals surface area contributed by atoms with Crippen molar-refractivity contribution in [3.05, 3.63) is 39.5 Å². The molecule has 2 N–H and O–H groups in total. The summed E-state index contributed by atoms with van der Waals surface area (Å²) in [5.41, 5.74) is 4.08. The van der Waals surface area contributed by atoms with Gasteiger partial charge in [0.25, 0.3) is 0 Å². The number of nitrogens with zero attached hydrogens (tertiary/aromatic N) is 1. The summed E-state index contributed by atoms with van der Waals surface area (Å²) in [5, 5.41) is 13.6. The first-order valence-corrected chi connectivity index (χ1v) is 6.79. The molecule has 0 saturated heterocycles. The van der Waals surface area contributed by atoms with E-state index in [0.29, 0.717) is 22.7 Å². The summed E-state index contributed by atoms with van der Waals surface area (Å²) in [7, 11) is 0. The maximum atomic E-state index is 12.2. The Kier molecular flexibility index (Phi) is 4.18. The molecule has 0 aliphatic rings. The largest absolute Gasteiger partial charge is 0.456 e. The van der Waals surface area contributed by atoms with E-state index < -0.39 is 12.1 Å². The normalized spacial score (nSPS) is 12.5. The zero-order valence-electron chi connectivity index (χ0n) is 12.9. The van der Waals surface area contributed by atoms with Gasteiger partial charge in [0.15, 0.2) is 0 Å². The van der Waals surface area contributed by atoms with Gasteiger partial charge in [-0.15, -0.1) is 0 Å². The van der Waals surface area contributed by atoms with Crippen LogP contribution in [-0.2, 0) is 11.3 Å². The summed E-state index contributed by atoms with van der Waals surface area (Å²) < 4.78 is 10.3. The molecule has 21 heavy (non-hydrogen) atoms. The van der Waals surface area contributed by atoms with E-state index in [-0.39, 0.29) is 6.61 Å². The fraction of sp³-hybridized carbons (Fsp3) is 0.467. The van der Waals surface area contributed by atoms with Gasteiger partial charge in [0.2, 0.25) is 0 Å². The molecule has 6 nitrogen and oxygen atoms in total. The number of aryl methyl sites for hydroxylation is 3. The fourth-order valence-corrected chi connectivity index (χ4v) is 2.51. The smallest absolute Gasteiger partial charge is 0.355 e. The molecule has 0 radical (unpaired) electrons. The molecular formula is C15H20N2O4. The van der Waals surface area contributed by atoms with Crippen molar-refractivity contribution >= 4 is 5.97 Å². The molecular weight excluding hydrogens is 272 g/mol. The molecule has 114 valence electrons. The van der Waals surface area contributed by atoms with E-state index >= 15 is 0 Å². The zero-order chi connectivity index (χ0) is 15.7. The molecule has 0 spiro atoms. The average molecular weight is 292 g/mol. The molecule has 1 atom stereocenters. The van der Waals surface area contributed by atoms with Gasteiger partial charge in [-0.25, -0.2) is 4.79 Å². The van der Waals surface area contributed by atoms with Crippen LogP contribution in [0.1, 0.15) is 57.4 Å². The number of aromatic amines is 1. The molecule has 2 heterocycles. The molecule has 2 aromatic rings. The second-order valence-corrected chi connectivity index (χ2v) is 5.22. The minimum atomic E-state index is -0.634. The van der Waals surface area contributed by atoms with Crippen LogP contribution < -0.4 is 0 Å². The van der Waals surface area contributed by atoms with Crippen molar-refractivity contribution in [2.75, 3.05) is 0 Å². The lowest BCUT2D eigenvalue weighted by atomic mass is 10.1. The summed E-state index contributed by atoms with van der Waals surface area (Å²) in [6.45, 7) is 8.97. The van der Waals surface area contributed by atoms with Gasteiger partial charge in [0, 0.05) is 11.3 Å². The van der Waals surface area contributed by atoms with Gasteiger partial charge in [0.05, 0.1) is 17.4 Å². The first-order chi connectivity index (χ1) is 9.82. The number of aliphatic hydroxyl groups excluding tert-OH is 1. The van der Waals surface area contributed by atoms with E-state index in [2.05, 4.69) is 10.1 Å². The molecule has 2 aromatic heterocycles. The van der Waals surface area contributed by atoms with Crippen LogP contribution in [0, 0.1) is 27.7 Å². The summed E-state index contributed by atoms with van der Waals surface area (Å²) >= 11 is 0. The van der Waals surface area contributed by atoms with Gasteiger partial charge in [-0.1, -0.05) is 5.16 Å². The summed E-state index contributed by atoms with van der Waals surface area (Å²) in [6, 6.07) is 0. The van der Waals surface area contributed by atoms with Gasteiger partial charge < -0.3 is 19.4 Å². The second kappa shape index (κ2) is 5.73. The predicted molar refractivity (Wildman–Crippen MR) is 76.0 cm³/mol. The molecule has 2 rings (SSSR count). The minimum Gasteiger partial charge on any atom is -0.456 e. The first-order valence-electron chi connectivity index (χ1n) is 6.79. The fourth-order valence-electron chi connectivity index (χ4n) is 2.51. The van der Waals surface area contributed by atoms with Crippen molar-refractivity contribution in [1.29, 1.82) is 0 Å². The van der Waals surface area contributed by atoms with Gasteiger partial charge in [0.1, 0.15) is 18.1 Å². The number of hydrogen-bond acceptors (Lipinski definition) is 5. The van der Waals surface area contributed by atoms with Crippen LogP contribution in [0.25, 0.3) is 0 Å². The number of esters is 1. The van der Waals surface area contributed by atoms with E-state index in [1.165, 1.54) is 0 Å². The summed E-state index contributed by atoms with van der Waals surface area (Å²) in [5.74, 6) is 0.187. The van der Waals surface area contributed by atoms with E-state index in [1.807, 2.05) is 6.92 Å². The lowest BCUT2D eigenvalue weighted by Crippen LogP contribution is -2.08. The quantitative estimate of drug-likeness (QED) is 0.846. The number of carbonyl (C=O) groups is 1. The van der Waals surface area contributed by atoms with Crippen LogP contribution in [0.5, 0.6) is 0 Å². The van der Waals surface area contributed by atoms with E-state index in [0.717, 1.165) is 16.8 Å². The van der Waals surface area contributed by atoms with Crippen molar-refractivity contribution in [2.45, 2.75) is 47.3 Å². The molecule has 0 aliphatic heterocycles. The number of carbonyl (C=O) groups excluding carboxylic acids is 1. The Morgan fingerprint density at radius 1 is 1.38 bits per heavy atom. The Bertz CT molecular complexity index is 648. The van der Waals surface area contributed by atoms with Gasteiger partial charge in [-0.2, -0.15) is 0 Å². The third-order valence-electron chi connectivity index (χ3n) is 3.65. The maximum absolute atomic E-state index is 12.2. The van der Waals surface area contributed by atoms with Gasteiger partial charge in [-0.05, 0) is 40.2 Å². The Balaban J connectivity index is 2.17. The molecule has 0 unspecified atom stereocenters. The lowest BCUT2D eigenvalue weighted by molar-refractivity contribution is 0.0463. The van der Waals surface area contributed by atoms with Crippen LogP contribution in [0.4, 0.5) is 0 Å². The molecule has 0 bridgehead atoms. The Hall–Kier alpha value is -2.08. The topological polar surface area (TPSA) is 88.4 Å². The van der Waals surface area contributed by atoms with E-state index in [9.17, 15) is 9.90 Å². The van der Waals surface area contributed by atoms with Gasteiger partial charge in [-0.3, -0.25) is 0 Å². The third kappa shape index (κ3) is 2.85. The SMILES string of the molecule is Cc1noc(C)c1COC(=O)c1[nH]c(C)c([C@@H](C)O)c1C. The average Bonchev–Trinajstić information content (AvgIpc) is 2.87. The van der Waals surface area contributed by atoms with Gasteiger partial charge >= 0.3 is 5.97 Å². The van der Waals surface area contributed by atoms with Crippen LogP contribution >= 0.6 is 0 Å². The highest BCUT2D eigenvalue weighted by Gasteiger charge is 2.21. The molecule has 0 fully saturated rings. The van der Waals surface area contributed by atoms with Crippen LogP contribution in [0.2, 0.25) is 0 Å². The standard InChI is InChI=1S/C15H20N2O4/c1-7-13(10(4)18)9(3)16-14(7)15(19)20-6-12-8(2)17-21-11(12)5/h10,16,18H,6H2,1-5H3/t10-/m1/s1. The van der Waals surface area contributed by atoms with Crippen LogP contribution in [0.3, 0.4) is 0 Å². The van der Waals surface area contributed by atoms with E-state index in [1.54, 1.807) is 27.7 Å². The number of aliphatic hydroxyl groups is 1. The molecule has 0 amide bonds. The number of H-pyrrole nitrogens is 1. The number of rotatable bonds is 4. The van der Waals surface area contributed by atoms with Crippen LogP contribution in [-0.4, -0.2) is 21.2 Å². The van der Waals surface area contributed by atoms with E-state index in [4.69, 9.17) is 9.26 Å². The lowest BCUT2D eigenvalue weighted by Gasteiger charge is -2.06. The Morgan fingerprint density at radius 3 is 2.52 bits per heavy atom. The highest BCUT2D eigenvalue weighted by molar-refractivity contribution is 5.89. The maximum Gasteiger partial charge on any atom is 0.355 e. The number of ether oxygens (including phenoxy) is 1. The Labute approximate surface area is 123 Å². The first kappa shape index (κ1) is 15.3. The highest BCUT2D eigenvalue weighted by Crippen LogP contribution is 2.25.